The van der Waals surface area contributed by atoms with E-state index in [-0.39, 0.29) is 30.2 Å². The van der Waals surface area contributed by atoms with Crippen LogP contribution in [-0.4, -0.2) is 24.3 Å². The fourth-order valence-electron chi connectivity index (χ4n) is 4.85. The monoisotopic (exact) mass is 520 g/mol. The minimum absolute atomic E-state index is 0. The van der Waals surface area contributed by atoms with Crippen molar-refractivity contribution < 1.29 is 21.1 Å². The van der Waals surface area contributed by atoms with Gasteiger partial charge < -0.3 is 0 Å². The molecule has 0 aliphatic heterocycles. The van der Waals surface area contributed by atoms with Gasteiger partial charge in [0.1, 0.15) is 0 Å². The molecule has 0 heterocycles. The molecule has 1 aromatic carbocycles. The number of hydrogen-bond acceptors (Lipinski definition) is 1. The Morgan fingerprint density at radius 3 is 1.77 bits per heavy atom. The second-order valence-electron chi connectivity index (χ2n) is 9.95. The molecule has 1 unspecified atom stereocenters. The van der Waals surface area contributed by atoms with Crippen molar-refractivity contribution in [2.24, 2.45) is 5.92 Å². The Kier molecular flexibility index (Phi) is 10.8. The third-order valence-electron chi connectivity index (χ3n) is 6.85. The molecule has 1 nitrogen and oxygen atoms in total. The van der Waals surface area contributed by atoms with Crippen molar-refractivity contribution in [3.8, 4) is 5.75 Å². The number of hydrogen-bond donors (Lipinski definition) is 0. The van der Waals surface area contributed by atoms with Crippen LogP contribution in [0.5, 0.6) is 5.75 Å². The number of allylic oxidation sites excluding steroid dienone is 4. The van der Waals surface area contributed by atoms with Crippen LogP contribution in [0, 0.1) is 26.7 Å². The zero-order valence-electron chi connectivity index (χ0n) is 21.3. The molecule has 0 amide bonds. The van der Waals surface area contributed by atoms with Crippen molar-refractivity contribution in [1.29, 1.82) is 0 Å². The molecule has 0 N–H and O–H groups in total. The molecular weight excluding hydrogens is 479 g/mol. The first-order valence-electron chi connectivity index (χ1n) is 10.6. The predicted molar refractivity (Wildman–Crippen MR) is 145 cm³/mol. The summed E-state index contributed by atoms with van der Waals surface area (Å²) in [6.45, 7) is 25.5. The molecule has 170 valence electrons. The Morgan fingerprint density at radius 2 is 1.40 bits per heavy atom. The Bertz CT molecular complexity index is 934. The average Bonchev–Trinajstić information content (AvgIpc) is 2.76. The van der Waals surface area contributed by atoms with Crippen LogP contribution in [-0.2, 0) is 23.2 Å². The van der Waals surface area contributed by atoms with Crippen LogP contribution in [0.25, 0.3) is 0 Å². The van der Waals surface area contributed by atoms with Gasteiger partial charge in [-0.25, -0.2) is 0 Å². The molecule has 0 aromatic heterocycles. The molecule has 0 fully saturated rings. The number of benzene rings is 1. The van der Waals surface area contributed by atoms with Crippen LogP contribution in [0.2, 0.25) is 0 Å². The molecule has 1 aliphatic carbocycles. The Morgan fingerprint density at radius 1 is 0.900 bits per heavy atom. The number of rotatable bonds is 3. The van der Waals surface area contributed by atoms with E-state index in [0.29, 0.717) is 5.92 Å². The SMILES string of the molecule is CC1=C(C)C(C)[C]([Ti]([O]c2c(C)c(C)c(C)c(C(C)(C)C)c2[SiH3])=[C](C)C)=C1[SiH3].Cl.Cl. The molecule has 0 spiro atoms. The van der Waals surface area contributed by atoms with Gasteiger partial charge in [0.15, 0.2) is 0 Å². The normalized spacial score (nSPS) is 16.6. The van der Waals surface area contributed by atoms with Gasteiger partial charge >= 0.3 is 186 Å². The van der Waals surface area contributed by atoms with Gasteiger partial charge in [0.2, 0.25) is 0 Å². The van der Waals surface area contributed by atoms with Crippen molar-refractivity contribution in [3.63, 3.8) is 0 Å². The van der Waals surface area contributed by atoms with Crippen LogP contribution in [0.3, 0.4) is 0 Å². The van der Waals surface area contributed by atoms with Gasteiger partial charge in [-0.1, -0.05) is 0 Å². The standard InChI is InChI=1S/C13H22OSi.C8H13Si.C3H6.2ClH.Ti/c1-7-8(2)10(13(4,5)6)12(15)11(14)9(7)3;1-5-4-8(9)7(3)6(5)2;1-3-2;;;/h14H,1-6,15H3;5H,1-3,9H3;1-2H3;2*1H;/q;;;;;+1/p-1. The molecule has 1 aliphatic rings. The molecule has 2 rings (SSSR count). The van der Waals surface area contributed by atoms with Gasteiger partial charge in [-0.3, -0.25) is 0 Å². The fourth-order valence-corrected chi connectivity index (χ4v) is 12.4. The summed E-state index contributed by atoms with van der Waals surface area (Å²) in [5.41, 5.74) is 9.02. The maximum Gasteiger partial charge on any atom is -0.147 e. The van der Waals surface area contributed by atoms with Gasteiger partial charge in [0, 0.05) is 0 Å². The summed E-state index contributed by atoms with van der Waals surface area (Å²) in [6, 6.07) is 0. The summed E-state index contributed by atoms with van der Waals surface area (Å²) in [6.07, 6.45) is 0. The molecule has 0 radical (unpaired) electrons. The maximum absolute atomic E-state index is 7.13. The largest absolute Gasteiger partial charge is 0.147 e. The van der Waals surface area contributed by atoms with E-state index >= 15 is 0 Å². The van der Waals surface area contributed by atoms with E-state index in [0.717, 1.165) is 20.5 Å². The second-order valence-corrected chi connectivity index (χ2v) is 15.7. The Hall–Kier alpha value is 0.0981. The molecule has 30 heavy (non-hydrogen) atoms. The minimum atomic E-state index is -1.98. The van der Waals surface area contributed by atoms with E-state index in [1.807, 2.05) is 0 Å². The van der Waals surface area contributed by atoms with Gasteiger partial charge in [-0.05, 0) is 0 Å². The van der Waals surface area contributed by atoms with Crippen LogP contribution >= 0.6 is 24.8 Å². The summed E-state index contributed by atoms with van der Waals surface area (Å²) in [5.74, 6) is 1.79. The zero-order valence-corrected chi connectivity index (χ0v) is 28.5. The second kappa shape index (κ2) is 10.8. The smallest absolute Gasteiger partial charge is 0.147 e. The van der Waals surface area contributed by atoms with Gasteiger partial charge in [0.05, 0.1) is 0 Å². The Balaban J connectivity index is 0.00000420. The third kappa shape index (κ3) is 5.35. The minimum Gasteiger partial charge on any atom is -0.147 e. The van der Waals surface area contributed by atoms with Crippen molar-refractivity contribution in [1.82, 2.24) is 0 Å². The van der Waals surface area contributed by atoms with E-state index in [2.05, 4.69) is 76.2 Å². The van der Waals surface area contributed by atoms with E-state index in [1.54, 1.807) is 20.2 Å². The van der Waals surface area contributed by atoms with Crippen LogP contribution in [0.4, 0.5) is 0 Å². The summed E-state index contributed by atoms with van der Waals surface area (Å²) < 4.78 is 10.3. The molecule has 1 atom stereocenters. The molecule has 0 saturated carbocycles. The van der Waals surface area contributed by atoms with Crippen molar-refractivity contribution in [2.45, 2.75) is 81.6 Å². The summed E-state index contributed by atoms with van der Waals surface area (Å²) in [7, 11) is 2.14. The maximum atomic E-state index is 7.13. The van der Waals surface area contributed by atoms with Crippen LogP contribution in [0.1, 0.15) is 77.6 Å². The summed E-state index contributed by atoms with van der Waals surface area (Å²) in [5, 5.41) is 3.12. The first-order chi connectivity index (χ1) is 12.7. The van der Waals surface area contributed by atoms with Gasteiger partial charge in [0.25, 0.3) is 0 Å². The van der Waals surface area contributed by atoms with Crippen molar-refractivity contribution in [2.75, 3.05) is 0 Å². The molecule has 0 saturated heterocycles. The Labute approximate surface area is 210 Å². The molecule has 0 bridgehead atoms. The quantitative estimate of drug-likeness (QED) is 0.535. The van der Waals surface area contributed by atoms with Gasteiger partial charge in [-0.15, -0.1) is 24.8 Å². The van der Waals surface area contributed by atoms with Crippen molar-refractivity contribution >= 4 is 54.3 Å². The van der Waals surface area contributed by atoms with Crippen molar-refractivity contribution in [3.05, 3.63) is 42.5 Å². The zero-order chi connectivity index (χ0) is 21.7. The molecule has 6 heteroatoms. The topological polar surface area (TPSA) is 9.23 Å². The fraction of sp³-hybridized carbons (Fsp3) is 0.542. The molecule has 1 aromatic rings. The summed E-state index contributed by atoms with van der Waals surface area (Å²) >= 11 is -1.98. The average molecular weight is 522 g/mol. The van der Waals surface area contributed by atoms with Gasteiger partial charge in [-0.2, -0.15) is 0 Å². The van der Waals surface area contributed by atoms with Crippen LogP contribution in [0.15, 0.2) is 20.2 Å². The van der Waals surface area contributed by atoms with E-state index < -0.39 is 17.8 Å². The number of halogens is 2. The molecular formula is C24H42Cl2OSi2Ti. The van der Waals surface area contributed by atoms with E-state index in [1.165, 1.54) is 37.0 Å². The van der Waals surface area contributed by atoms with Crippen LogP contribution < -0.4 is 8.51 Å². The summed E-state index contributed by atoms with van der Waals surface area (Å²) in [4.78, 5) is 0. The van der Waals surface area contributed by atoms with E-state index in [9.17, 15) is 0 Å². The first kappa shape index (κ1) is 30.1. The first-order valence-corrected chi connectivity index (χ1v) is 14.8. The predicted octanol–water partition coefficient (Wildman–Crippen LogP) is 4.43. The van der Waals surface area contributed by atoms with E-state index in [4.69, 9.17) is 3.32 Å². The third-order valence-corrected chi connectivity index (χ3v) is 14.0.